The lowest BCUT2D eigenvalue weighted by Gasteiger charge is -2.39. The Bertz CT molecular complexity index is 439. The zero-order valence-electron chi connectivity index (χ0n) is 12.4. The number of aryl methyl sites for hydroxylation is 1. The van der Waals surface area contributed by atoms with Crippen molar-refractivity contribution in [2.45, 2.75) is 58.0 Å². The minimum atomic E-state index is -0.447. The third-order valence-electron chi connectivity index (χ3n) is 4.83. The number of benzene rings is 1. The minimum Gasteiger partial charge on any atom is -0.388 e. The molecule has 2 nitrogen and oxygen atoms in total. The standard InChI is InChI=1S/C17H26BrNO/c1-13-11-14(7-8-15(13)18)16(20)17(12-19)9-5-3-2-4-6-10-17/h7-8,11,16,20H,2-6,9-10,12,19H2,1H3. The average molecular weight is 340 g/mol. The smallest absolute Gasteiger partial charge is 0.0858 e. The number of aliphatic hydroxyl groups excluding tert-OH is 1. The van der Waals surface area contributed by atoms with Crippen LogP contribution in [-0.2, 0) is 0 Å². The Balaban J connectivity index is 2.25. The van der Waals surface area contributed by atoms with Gasteiger partial charge in [-0.15, -0.1) is 0 Å². The fraction of sp³-hybridized carbons (Fsp3) is 0.647. The van der Waals surface area contributed by atoms with Gasteiger partial charge < -0.3 is 10.8 Å². The van der Waals surface area contributed by atoms with Crippen LogP contribution in [0.2, 0.25) is 0 Å². The first kappa shape index (κ1) is 16.0. The van der Waals surface area contributed by atoms with Gasteiger partial charge in [0, 0.05) is 16.4 Å². The Labute approximate surface area is 130 Å². The van der Waals surface area contributed by atoms with Crippen molar-refractivity contribution in [3.05, 3.63) is 33.8 Å². The normalized spacial score (nSPS) is 21.0. The molecule has 1 atom stereocenters. The van der Waals surface area contributed by atoms with Crippen LogP contribution < -0.4 is 5.73 Å². The first-order valence-corrected chi connectivity index (χ1v) is 8.52. The van der Waals surface area contributed by atoms with Gasteiger partial charge in [0.05, 0.1) is 6.10 Å². The fourth-order valence-corrected chi connectivity index (χ4v) is 3.64. The van der Waals surface area contributed by atoms with Gasteiger partial charge in [-0.1, -0.05) is 60.2 Å². The van der Waals surface area contributed by atoms with Crippen LogP contribution in [0.25, 0.3) is 0 Å². The van der Waals surface area contributed by atoms with Crippen molar-refractivity contribution in [1.82, 2.24) is 0 Å². The monoisotopic (exact) mass is 339 g/mol. The van der Waals surface area contributed by atoms with Crippen LogP contribution in [0.5, 0.6) is 0 Å². The third-order valence-corrected chi connectivity index (χ3v) is 5.72. The Morgan fingerprint density at radius 1 is 1.20 bits per heavy atom. The Morgan fingerprint density at radius 3 is 2.35 bits per heavy atom. The van der Waals surface area contributed by atoms with Gasteiger partial charge in [-0.05, 0) is 37.0 Å². The van der Waals surface area contributed by atoms with Gasteiger partial charge in [0.2, 0.25) is 0 Å². The van der Waals surface area contributed by atoms with Crippen molar-refractivity contribution < 1.29 is 5.11 Å². The molecule has 1 fully saturated rings. The van der Waals surface area contributed by atoms with Crippen molar-refractivity contribution in [2.75, 3.05) is 6.54 Å². The second-order valence-electron chi connectivity index (χ2n) is 6.25. The molecule has 1 saturated carbocycles. The van der Waals surface area contributed by atoms with Gasteiger partial charge in [0.25, 0.3) is 0 Å². The van der Waals surface area contributed by atoms with Gasteiger partial charge in [-0.2, -0.15) is 0 Å². The molecule has 1 aromatic rings. The molecule has 3 heteroatoms. The Hall–Kier alpha value is -0.380. The predicted molar refractivity (Wildman–Crippen MR) is 87.6 cm³/mol. The van der Waals surface area contributed by atoms with Crippen LogP contribution >= 0.6 is 15.9 Å². The van der Waals surface area contributed by atoms with E-state index in [0.717, 1.165) is 22.9 Å². The summed E-state index contributed by atoms with van der Waals surface area (Å²) in [5, 5.41) is 10.9. The number of rotatable bonds is 3. The molecule has 0 bridgehead atoms. The van der Waals surface area contributed by atoms with Crippen molar-refractivity contribution in [3.8, 4) is 0 Å². The van der Waals surface area contributed by atoms with Crippen LogP contribution in [0, 0.1) is 12.3 Å². The average Bonchev–Trinajstić information content (AvgIpc) is 2.42. The quantitative estimate of drug-likeness (QED) is 0.852. The van der Waals surface area contributed by atoms with E-state index in [-0.39, 0.29) is 5.41 Å². The molecule has 0 spiro atoms. The van der Waals surface area contributed by atoms with Gasteiger partial charge in [-0.25, -0.2) is 0 Å². The molecule has 0 saturated heterocycles. The number of hydrogen-bond acceptors (Lipinski definition) is 2. The molecule has 0 heterocycles. The summed E-state index contributed by atoms with van der Waals surface area (Å²) >= 11 is 3.52. The number of nitrogens with two attached hydrogens (primary N) is 1. The maximum absolute atomic E-state index is 10.9. The molecule has 0 amide bonds. The van der Waals surface area contributed by atoms with E-state index in [9.17, 15) is 5.11 Å². The molecule has 20 heavy (non-hydrogen) atoms. The summed E-state index contributed by atoms with van der Waals surface area (Å²) in [7, 11) is 0. The van der Waals surface area contributed by atoms with E-state index in [1.165, 1.54) is 37.7 Å². The van der Waals surface area contributed by atoms with Crippen molar-refractivity contribution in [1.29, 1.82) is 0 Å². The lowest BCUT2D eigenvalue weighted by molar-refractivity contribution is 0.00844. The first-order valence-electron chi connectivity index (χ1n) is 7.73. The second-order valence-corrected chi connectivity index (χ2v) is 7.10. The fourth-order valence-electron chi connectivity index (χ4n) is 3.39. The lowest BCUT2D eigenvalue weighted by Crippen LogP contribution is -2.37. The molecule has 0 aliphatic heterocycles. The van der Waals surface area contributed by atoms with E-state index in [1.54, 1.807) is 0 Å². The number of hydrogen-bond donors (Lipinski definition) is 2. The zero-order chi connectivity index (χ0) is 14.6. The van der Waals surface area contributed by atoms with Crippen LogP contribution in [0.3, 0.4) is 0 Å². The minimum absolute atomic E-state index is 0.138. The Morgan fingerprint density at radius 2 is 1.80 bits per heavy atom. The summed E-state index contributed by atoms with van der Waals surface area (Å²) in [6.45, 7) is 2.64. The highest BCUT2D eigenvalue weighted by molar-refractivity contribution is 9.10. The van der Waals surface area contributed by atoms with Gasteiger partial charge in [-0.3, -0.25) is 0 Å². The molecule has 1 aliphatic carbocycles. The molecule has 1 aromatic carbocycles. The van der Waals surface area contributed by atoms with Crippen molar-refractivity contribution >= 4 is 15.9 Å². The summed E-state index contributed by atoms with van der Waals surface area (Å²) in [5.41, 5.74) is 8.13. The van der Waals surface area contributed by atoms with Gasteiger partial charge in [0.15, 0.2) is 0 Å². The van der Waals surface area contributed by atoms with Crippen LogP contribution in [0.1, 0.15) is 62.2 Å². The predicted octanol–water partition coefficient (Wildman–Crippen LogP) is 4.48. The number of aliphatic hydroxyl groups is 1. The van der Waals surface area contributed by atoms with E-state index in [4.69, 9.17) is 5.73 Å². The molecule has 0 radical (unpaired) electrons. The zero-order valence-corrected chi connectivity index (χ0v) is 14.0. The van der Waals surface area contributed by atoms with Crippen LogP contribution in [0.15, 0.2) is 22.7 Å². The van der Waals surface area contributed by atoms with Crippen LogP contribution in [0.4, 0.5) is 0 Å². The SMILES string of the molecule is Cc1cc(C(O)C2(CN)CCCCCCC2)ccc1Br. The maximum Gasteiger partial charge on any atom is 0.0858 e. The van der Waals surface area contributed by atoms with E-state index in [2.05, 4.69) is 28.9 Å². The molecular formula is C17H26BrNO. The summed E-state index contributed by atoms with van der Waals surface area (Å²) in [5.74, 6) is 0. The van der Waals surface area contributed by atoms with Crippen molar-refractivity contribution in [2.24, 2.45) is 11.1 Å². The highest BCUT2D eigenvalue weighted by Gasteiger charge is 2.37. The summed E-state index contributed by atoms with van der Waals surface area (Å²) in [4.78, 5) is 0. The molecule has 2 rings (SSSR count). The van der Waals surface area contributed by atoms with Crippen LogP contribution in [-0.4, -0.2) is 11.7 Å². The molecule has 1 unspecified atom stereocenters. The van der Waals surface area contributed by atoms with E-state index < -0.39 is 6.10 Å². The highest BCUT2D eigenvalue weighted by atomic mass is 79.9. The van der Waals surface area contributed by atoms with E-state index in [0.29, 0.717) is 6.54 Å². The maximum atomic E-state index is 10.9. The van der Waals surface area contributed by atoms with E-state index >= 15 is 0 Å². The third kappa shape index (κ3) is 3.44. The molecule has 1 aliphatic rings. The topological polar surface area (TPSA) is 46.2 Å². The van der Waals surface area contributed by atoms with Crippen molar-refractivity contribution in [3.63, 3.8) is 0 Å². The summed E-state index contributed by atoms with van der Waals surface area (Å²) < 4.78 is 1.09. The molecule has 112 valence electrons. The molecular weight excluding hydrogens is 314 g/mol. The lowest BCUT2D eigenvalue weighted by atomic mass is 9.70. The first-order chi connectivity index (χ1) is 9.59. The summed E-state index contributed by atoms with van der Waals surface area (Å²) in [6, 6.07) is 6.14. The molecule has 3 N–H and O–H groups in total. The summed E-state index contributed by atoms with van der Waals surface area (Å²) in [6.07, 6.45) is 7.88. The van der Waals surface area contributed by atoms with Gasteiger partial charge in [0.1, 0.15) is 0 Å². The number of halogens is 1. The van der Waals surface area contributed by atoms with E-state index in [1.807, 2.05) is 12.1 Å². The second kappa shape index (κ2) is 7.06. The van der Waals surface area contributed by atoms with Gasteiger partial charge >= 0.3 is 0 Å². The molecule has 0 aromatic heterocycles. The largest absolute Gasteiger partial charge is 0.388 e. The highest BCUT2D eigenvalue weighted by Crippen LogP contribution is 2.44. The Kier molecular flexibility index (Phi) is 5.65.